The monoisotopic (exact) mass is 316 g/mol. The zero-order valence-corrected chi connectivity index (χ0v) is 14.2. The van der Waals surface area contributed by atoms with Gasteiger partial charge in [0.15, 0.2) is 9.54 Å². The molecule has 0 fully saturated rings. The van der Waals surface area contributed by atoms with Gasteiger partial charge in [0.2, 0.25) is 0 Å². The van der Waals surface area contributed by atoms with E-state index in [0.29, 0.717) is 17.2 Å². The minimum atomic E-state index is 0.634. The molecule has 0 N–H and O–H groups in total. The second-order valence-corrected chi connectivity index (χ2v) is 7.57. The summed E-state index contributed by atoms with van der Waals surface area (Å²) >= 11 is 10.9. The summed E-state index contributed by atoms with van der Waals surface area (Å²) in [6.07, 6.45) is 0. The second kappa shape index (κ2) is 4.11. The quantitative estimate of drug-likeness (QED) is 0.432. The van der Waals surface area contributed by atoms with E-state index in [9.17, 15) is 0 Å². The van der Waals surface area contributed by atoms with Crippen molar-refractivity contribution in [3.63, 3.8) is 0 Å². The Morgan fingerprint density at radius 2 is 0.833 bits per heavy atom. The third-order valence-corrected chi connectivity index (χ3v) is 8.24. The molecule has 1 aliphatic rings. The fourth-order valence-electron chi connectivity index (χ4n) is 2.26. The Balaban J connectivity index is 2.30. The largest absolute Gasteiger partial charge is 0.319 e. The third-order valence-electron chi connectivity index (χ3n) is 3.41. The summed E-state index contributed by atoms with van der Waals surface area (Å²) in [6.45, 7) is 0. The van der Waals surface area contributed by atoms with E-state index in [0.717, 1.165) is 9.54 Å². The van der Waals surface area contributed by atoms with Crippen LogP contribution in [-0.4, -0.2) is 18.3 Å². The van der Waals surface area contributed by atoms with Gasteiger partial charge in [-0.25, -0.2) is 0 Å². The minimum absolute atomic E-state index is 0.634. The first-order chi connectivity index (χ1) is 8.43. The van der Waals surface area contributed by atoms with Crippen LogP contribution in [0.3, 0.4) is 0 Å². The molecule has 0 radical (unpaired) electrons. The Morgan fingerprint density at radius 3 is 1.06 bits per heavy atom. The van der Waals surface area contributed by atoms with Gasteiger partial charge in [-0.15, -0.1) is 0 Å². The molecule has 3 heterocycles. The summed E-state index contributed by atoms with van der Waals surface area (Å²) in [4.78, 5) is 0. The molecule has 3 rings (SSSR count). The maximum atomic E-state index is 5.44. The van der Waals surface area contributed by atoms with Gasteiger partial charge in [-0.2, -0.15) is 0 Å². The lowest BCUT2D eigenvalue weighted by Crippen LogP contribution is -2.39. The standard InChI is InChI=1S/C10H14N4P2S2/c1-11-5-6(12(2)9(11)17)16-8-7(15-5)13(3)10(18)14(8)4/h15-16H,1-4H3. The molecule has 2 aromatic heterocycles. The molecular weight excluding hydrogens is 302 g/mol. The number of fused-ring (bicyclic) bond motifs is 2. The fraction of sp³-hybridized carbons (Fsp3) is 0.400. The van der Waals surface area contributed by atoms with Crippen LogP contribution in [0.2, 0.25) is 0 Å². The van der Waals surface area contributed by atoms with Gasteiger partial charge in [-0.05, 0) is 41.6 Å². The van der Waals surface area contributed by atoms with Crippen molar-refractivity contribution < 1.29 is 0 Å². The molecule has 96 valence electrons. The maximum absolute atomic E-state index is 5.44. The highest BCUT2D eigenvalue weighted by atomic mass is 32.1. The van der Waals surface area contributed by atoms with Crippen LogP contribution in [0.1, 0.15) is 0 Å². The zero-order chi connectivity index (χ0) is 13.2. The van der Waals surface area contributed by atoms with Crippen molar-refractivity contribution in [2.75, 3.05) is 0 Å². The van der Waals surface area contributed by atoms with Crippen LogP contribution in [0, 0.1) is 9.54 Å². The van der Waals surface area contributed by atoms with E-state index in [1.807, 2.05) is 0 Å². The van der Waals surface area contributed by atoms with Crippen LogP contribution >= 0.6 is 41.6 Å². The molecule has 0 aromatic carbocycles. The van der Waals surface area contributed by atoms with Crippen LogP contribution < -0.4 is 21.7 Å². The van der Waals surface area contributed by atoms with Crippen LogP contribution in [0.25, 0.3) is 0 Å². The van der Waals surface area contributed by atoms with Gasteiger partial charge in [-0.3, -0.25) is 0 Å². The average Bonchev–Trinajstić information content (AvgIpc) is 2.71. The summed E-state index contributed by atoms with van der Waals surface area (Å²) in [5, 5.41) is 0. The van der Waals surface area contributed by atoms with Crippen LogP contribution in [0.15, 0.2) is 0 Å². The molecule has 0 bridgehead atoms. The molecule has 18 heavy (non-hydrogen) atoms. The highest BCUT2D eigenvalue weighted by Gasteiger charge is 2.26. The molecule has 4 nitrogen and oxygen atoms in total. The summed E-state index contributed by atoms with van der Waals surface area (Å²) < 4.78 is 10.3. The number of aromatic nitrogens is 4. The third kappa shape index (κ3) is 1.50. The molecule has 0 saturated carbocycles. The normalized spacial score (nSPS) is 16.2. The summed E-state index contributed by atoms with van der Waals surface area (Å²) in [5.74, 6) is 0. The number of nitrogens with zero attached hydrogens (tertiary/aromatic N) is 4. The molecule has 0 spiro atoms. The number of hydrogen-bond acceptors (Lipinski definition) is 2. The first-order valence-electron chi connectivity index (χ1n) is 5.49. The first kappa shape index (κ1) is 12.7. The minimum Gasteiger partial charge on any atom is -0.319 e. The van der Waals surface area contributed by atoms with Crippen LogP contribution in [0.5, 0.6) is 0 Å². The Morgan fingerprint density at radius 1 is 0.611 bits per heavy atom. The van der Waals surface area contributed by atoms with E-state index < -0.39 is 0 Å². The number of hydrogen-bond donors (Lipinski definition) is 0. The Labute approximate surface area is 119 Å². The Kier molecular flexibility index (Phi) is 2.91. The van der Waals surface area contributed by atoms with Crippen molar-refractivity contribution in [1.82, 2.24) is 18.3 Å². The topological polar surface area (TPSA) is 19.7 Å². The van der Waals surface area contributed by atoms with Crippen LogP contribution in [-0.2, 0) is 28.2 Å². The second-order valence-electron chi connectivity index (χ2n) is 4.45. The molecule has 2 aromatic rings. The van der Waals surface area contributed by atoms with E-state index in [1.54, 1.807) is 0 Å². The van der Waals surface area contributed by atoms with Gasteiger partial charge in [0.05, 0.1) is 21.7 Å². The lowest BCUT2D eigenvalue weighted by molar-refractivity contribution is 0.825. The fourth-order valence-corrected chi connectivity index (χ4v) is 6.39. The summed E-state index contributed by atoms with van der Waals surface area (Å²) in [5.41, 5.74) is 5.41. The van der Waals surface area contributed by atoms with E-state index in [1.165, 1.54) is 21.7 Å². The van der Waals surface area contributed by atoms with Crippen molar-refractivity contribution in [1.29, 1.82) is 0 Å². The lowest BCUT2D eigenvalue weighted by Gasteiger charge is -2.16. The number of rotatable bonds is 0. The van der Waals surface area contributed by atoms with E-state index >= 15 is 0 Å². The van der Waals surface area contributed by atoms with E-state index in [-0.39, 0.29) is 0 Å². The van der Waals surface area contributed by atoms with Crippen LogP contribution in [0.4, 0.5) is 0 Å². The van der Waals surface area contributed by atoms with Gasteiger partial charge in [0, 0.05) is 28.2 Å². The molecule has 0 amide bonds. The first-order valence-corrected chi connectivity index (χ1v) is 8.30. The van der Waals surface area contributed by atoms with Gasteiger partial charge in [0.25, 0.3) is 0 Å². The molecule has 8 heteroatoms. The molecule has 0 saturated heterocycles. The summed E-state index contributed by atoms with van der Waals surface area (Å²) in [6, 6.07) is 0. The summed E-state index contributed by atoms with van der Waals surface area (Å²) in [7, 11) is 9.49. The van der Waals surface area contributed by atoms with Crippen molar-refractivity contribution in [3.8, 4) is 0 Å². The molecule has 0 unspecified atom stereocenters. The predicted octanol–water partition coefficient (Wildman–Crippen LogP) is 0.0716. The highest BCUT2D eigenvalue weighted by molar-refractivity contribution is 7.72. The van der Waals surface area contributed by atoms with E-state index in [2.05, 4.69) is 46.5 Å². The molecule has 0 atom stereocenters. The Bertz CT molecular complexity index is 654. The highest BCUT2D eigenvalue weighted by Crippen LogP contribution is 2.23. The zero-order valence-electron chi connectivity index (χ0n) is 10.6. The van der Waals surface area contributed by atoms with Crippen molar-refractivity contribution in [3.05, 3.63) is 9.54 Å². The SMILES string of the molecule is Cn1c2c(n(C)c1=S)Pc1c(n(C)c(=S)n1C)P2. The van der Waals surface area contributed by atoms with Gasteiger partial charge >= 0.3 is 0 Å². The molecular formula is C10H14N4P2S2. The smallest absolute Gasteiger partial charge is 0.180 e. The predicted molar refractivity (Wildman–Crippen MR) is 85.6 cm³/mol. The van der Waals surface area contributed by atoms with Crippen molar-refractivity contribution >= 4 is 63.3 Å². The Hall–Kier alpha value is -0.280. The van der Waals surface area contributed by atoms with Gasteiger partial charge in [0.1, 0.15) is 0 Å². The van der Waals surface area contributed by atoms with Gasteiger partial charge < -0.3 is 18.3 Å². The van der Waals surface area contributed by atoms with E-state index in [4.69, 9.17) is 24.4 Å². The van der Waals surface area contributed by atoms with Crippen molar-refractivity contribution in [2.45, 2.75) is 0 Å². The van der Waals surface area contributed by atoms with Gasteiger partial charge in [-0.1, -0.05) is 0 Å². The lowest BCUT2D eigenvalue weighted by atomic mass is 10.8. The average molecular weight is 316 g/mol. The number of imidazole rings is 2. The molecule has 1 aliphatic heterocycles. The maximum Gasteiger partial charge on any atom is 0.180 e. The molecule has 0 aliphatic carbocycles. The van der Waals surface area contributed by atoms with Crippen molar-refractivity contribution in [2.24, 2.45) is 28.2 Å².